The zero-order valence-electron chi connectivity index (χ0n) is 11.1. The van der Waals surface area contributed by atoms with Crippen molar-refractivity contribution in [2.75, 3.05) is 19.8 Å². The molecule has 0 saturated carbocycles. The smallest absolute Gasteiger partial charge is 0.240 e. The predicted octanol–water partition coefficient (Wildman–Crippen LogP) is 2.08. The van der Waals surface area contributed by atoms with Gasteiger partial charge in [0.05, 0.1) is 4.90 Å². The summed E-state index contributed by atoms with van der Waals surface area (Å²) in [6.07, 6.45) is 1.99. The van der Waals surface area contributed by atoms with E-state index in [1.165, 1.54) is 18.3 Å². The Labute approximate surface area is 119 Å². The van der Waals surface area contributed by atoms with Gasteiger partial charge in [-0.15, -0.1) is 0 Å². The van der Waals surface area contributed by atoms with Crippen LogP contribution in [0.5, 0.6) is 0 Å². The van der Waals surface area contributed by atoms with Crippen LogP contribution in [-0.4, -0.2) is 33.2 Å². The molecule has 0 radical (unpaired) electrons. The lowest BCUT2D eigenvalue weighted by Gasteiger charge is -2.08. The SMILES string of the molecule is CC(C)COCCCNS(=O)(=O)c1ccnc(Cl)c1. The predicted molar refractivity (Wildman–Crippen MR) is 74.7 cm³/mol. The number of halogens is 1. The molecule has 0 aliphatic rings. The Bertz CT molecular complexity index is 492. The summed E-state index contributed by atoms with van der Waals surface area (Å²) in [7, 11) is -3.52. The normalized spacial score (nSPS) is 12.0. The first-order valence-electron chi connectivity index (χ1n) is 6.11. The molecule has 108 valence electrons. The summed E-state index contributed by atoms with van der Waals surface area (Å²) in [5.41, 5.74) is 0. The fourth-order valence-electron chi connectivity index (χ4n) is 1.33. The van der Waals surface area contributed by atoms with Crippen molar-refractivity contribution >= 4 is 21.6 Å². The summed E-state index contributed by atoms with van der Waals surface area (Å²) in [4.78, 5) is 3.86. The minimum atomic E-state index is -3.52. The van der Waals surface area contributed by atoms with Gasteiger partial charge >= 0.3 is 0 Å². The second-order valence-corrected chi connectivity index (χ2v) is 6.69. The first kappa shape index (κ1) is 16.4. The van der Waals surface area contributed by atoms with Crippen LogP contribution in [0.15, 0.2) is 23.2 Å². The Hall–Kier alpha value is -0.690. The van der Waals surface area contributed by atoms with Crippen molar-refractivity contribution in [2.45, 2.75) is 25.2 Å². The fraction of sp³-hybridized carbons (Fsp3) is 0.583. The summed E-state index contributed by atoms with van der Waals surface area (Å²) in [5, 5.41) is 0.156. The maximum Gasteiger partial charge on any atom is 0.240 e. The molecule has 1 heterocycles. The highest BCUT2D eigenvalue weighted by atomic mass is 35.5. The van der Waals surface area contributed by atoms with Gasteiger partial charge in [-0.1, -0.05) is 25.4 Å². The van der Waals surface area contributed by atoms with Crippen molar-refractivity contribution in [1.82, 2.24) is 9.71 Å². The number of sulfonamides is 1. The summed E-state index contributed by atoms with van der Waals surface area (Å²) in [6, 6.07) is 2.72. The molecule has 1 aromatic rings. The summed E-state index contributed by atoms with van der Waals surface area (Å²) >= 11 is 5.66. The largest absolute Gasteiger partial charge is 0.381 e. The molecule has 0 aliphatic carbocycles. The van der Waals surface area contributed by atoms with Crippen LogP contribution in [0.2, 0.25) is 5.15 Å². The molecule has 1 rings (SSSR count). The molecule has 1 aromatic heterocycles. The van der Waals surface area contributed by atoms with Crippen molar-refractivity contribution in [3.8, 4) is 0 Å². The van der Waals surface area contributed by atoms with Gasteiger partial charge in [0.15, 0.2) is 0 Å². The molecule has 0 bridgehead atoms. The molecule has 0 spiro atoms. The van der Waals surface area contributed by atoms with Crippen LogP contribution in [0, 0.1) is 5.92 Å². The summed E-state index contributed by atoms with van der Waals surface area (Å²) in [5.74, 6) is 0.482. The number of nitrogens with zero attached hydrogens (tertiary/aromatic N) is 1. The molecule has 7 heteroatoms. The maximum atomic E-state index is 11.9. The average Bonchev–Trinajstić information content (AvgIpc) is 2.33. The summed E-state index contributed by atoms with van der Waals surface area (Å²) < 4.78 is 31.6. The zero-order valence-corrected chi connectivity index (χ0v) is 12.7. The number of nitrogens with one attached hydrogen (secondary N) is 1. The molecule has 0 fully saturated rings. The van der Waals surface area contributed by atoms with Gasteiger partial charge in [0, 0.05) is 26.0 Å². The third-order valence-corrected chi connectivity index (χ3v) is 3.88. The number of hydrogen-bond donors (Lipinski definition) is 1. The van der Waals surface area contributed by atoms with E-state index in [1.54, 1.807) is 0 Å². The lowest BCUT2D eigenvalue weighted by molar-refractivity contribution is 0.108. The topological polar surface area (TPSA) is 68.3 Å². The van der Waals surface area contributed by atoms with E-state index in [1.807, 2.05) is 0 Å². The number of hydrogen-bond acceptors (Lipinski definition) is 4. The second kappa shape index (κ2) is 7.79. The first-order chi connectivity index (χ1) is 8.92. The Morgan fingerprint density at radius 3 is 2.84 bits per heavy atom. The molecule has 0 unspecified atom stereocenters. The molecular formula is C12H19ClN2O3S. The van der Waals surface area contributed by atoms with Gasteiger partial charge in [-0.2, -0.15) is 0 Å². The Morgan fingerprint density at radius 1 is 1.47 bits per heavy atom. The van der Waals surface area contributed by atoms with Crippen LogP contribution >= 0.6 is 11.6 Å². The van der Waals surface area contributed by atoms with Gasteiger partial charge in [-0.05, 0) is 24.5 Å². The van der Waals surface area contributed by atoms with E-state index in [0.717, 1.165) is 0 Å². The molecule has 0 saturated heterocycles. The van der Waals surface area contributed by atoms with E-state index in [2.05, 4.69) is 23.6 Å². The summed E-state index contributed by atoms with van der Waals surface area (Å²) in [6.45, 7) is 5.69. The van der Waals surface area contributed by atoms with Crippen LogP contribution in [0.25, 0.3) is 0 Å². The molecule has 1 N–H and O–H groups in total. The van der Waals surface area contributed by atoms with Crippen LogP contribution in [0.1, 0.15) is 20.3 Å². The van der Waals surface area contributed by atoms with Crippen molar-refractivity contribution in [1.29, 1.82) is 0 Å². The minimum Gasteiger partial charge on any atom is -0.381 e. The van der Waals surface area contributed by atoms with E-state index in [0.29, 0.717) is 32.1 Å². The standard InChI is InChI=1S/C12H19ClN2O3S/c1-10(2)9-18-7-3-5-15-19(16,17)11-4-6-14-12(13)8-11/h4,6,8,10,15H,3,5,7,9H2,1-2H3. The minimum absolute atomic E-state index is 0.121. The van der Waals surface area contributed by atoms with Crippen LogP contribution in [0.3, 0.4) is 0 Å². The molecule has 0 atom stereocenters. The van der Waals surface area contributed by atoms with E-state index >= 15 is 0 Å². The quantitative estimate of drug-likeness (QED) is 0.590. The van der Waals surface area contributed by atoms with Gasteiger partial charge in [0.2, 0.25) is 10.0 Å². The van der Waals surface area contributed by atoms with E-state index < -0.39 is 10.0 Å². The number of rotatable bonds is 8. The van der Waals surface area contributed by atoms with Gasteiger partial charge in [0.1, 0.15) is 5.15 Å². The monoisotopic (exact) mass is 306 g/mol. The van der Waals surface area contributed by atoms with Gasteiger partial charge in [0.25, 0.3) is 0 Å². The highest BCUT2D eigenvalue weighted by Gasteiger charge is 2.13. The van der Waals surface area contributed by atoms with Crippen LogP contribution in [-0.2, 0) is 14.8 Å². The molecule has 5 nitrogen and oxygen atoms in total. The third-order valence-electron chi connectivity index (χ3n) is 2.22. The maximum absolute atomic E-state index is 11.9. The lowest BCUT2D eigenvalue weighted by atomic mass is 10.2. The highest BCUT2D eigenvalue weighted by Crippen LogP contribution is 2.12. The first-order valence-corrected chi connectivity index (χ1v) is 7.97. The number of ether oxygens (including phenoxy) is 1. The van der Waals surface area contributed by atoms with Crippen LogP contribution in [0.4, 0.5) is 0 Å². The number of pyridine rings is 1. The van der Waals surface area contributed by atoms with Gasteiger partial charge in [-0.3, -0.25) is 0 Å². The highest BCUT2D eigenvalue weighted by molar-refractivity contribution is 7.89. The molecular weight excluding hydrogens is 288 g/mol. The zero-order chi connectivity index (χ0) is 14.3. The fourth-order valence-corrected chi connectivity index (χ4v) is 2.66. The lowest BCUT2D eigenvalue weighted by Crippen LogP contribution is -2.25. The van der Waals surface area contributed by atoms with Crippen LogP contribution < -0.4 is 4.72 Å². The van der Waals surface area contributed by atoms with Crippen molar-refractivity contribution < 1.29 is 13.2 Å². The molecule has 19 heavy (non-hydrogen) atoms. The number of aromatic nitrogens is 1. The Balaban J connectivity index is 2.36. The van der Waals surface area contributed by atoms with Gasteiger partial charge in [-0.25, -0.2) is 18.1 Å². The Kier molecular flexibility index (Phi) is 6.71. The van der Waals surface area contributed by atoms with E-state index in [4.69, 9.17) is 16.3 Å². The third kappa shape index (κ3) is 6.33. The van der Waals surface area contributed by atoms with Crippen molar-refractivity contribution in [3.63, 3.8) is 0 Å². The molecule has 0 amide bonds. The molecule has 0 aliphatic heterocycles. The average molecular weight is 307 g/mol. The van der Waals surface area contributed by atoms with E-state index in [9.17, 15) is 8.42 Å². The van der Waals surface area contributed by atoms with E-state index in [-0.39, 0.29) is 10.0 Å². The Morgan fingerprint density at radius 2 is 2.21 bits per heavy atom. The van der Waals surface area contributed by atoms with Gasteiger partial charge < -0.3 is 4.74 Å². The second-order valence-electron chi connectivity index (χ2n) is 4.53. The van der Waals surface area contributed by atoms with Crippen molar-refractivity contribution in [2.24, 2.45) is 5.92 Å². The molecule has 0 aromatic carbocycles. The van der Waals surface area contributed by atoms with Crippen molar-refractivity contribution in [3.05, 3.63) is 23.5 Å².